The molecule has 10 heavy (non-hydrogen) atoms. The molecule has 0 aliphatic carbocycles. The summed E-state index contributed by atoms with van der Waals surface area (Å²) >= 11 is 1.69. The molecule has 3 heteroatoms. The molecule has 0 radical (unpaired) electrons. The Morgan fingerprint density at radius 2 is 2.30 bits per heavy atom. The van der Waals surface area contributed by atoms with E-state index in [1.54, 1.807) is 11.3 Å². The Kier molecular flexibility index (Phi) is 0.752. The van der Waals surface area contributed by atoms with Crippen molar-refractivity contribution in [2.45, 2.75) is 12.2 Å². The van der Waals surface area contributed by atoms with E-state index in [9.17, 15) is 0 Å². The summed E-state index contributed by atoms with van der Waals surface area (Å²) in [7, 11) is 0. The minimum Gasteiger partial charge on any atom is -0.355 e. The molecule has 0 fully saturated rings. The zero-order chi connectivity index (χ0) is 6.55. The van der Waals surface area contributed by atoms with E-state index in [4.69, 9.17) is 4.74 Å². The minimum absolute atomic E-state index is 0.172. The smallest absolute Gasteiger partial charge is 0.120 e. The van der Waals surface area contributed by atoms with Gasteiger partial charge in [0.05, 0.1) is 16.1 Å². The van der Waals surface area contributed by atoms with Crippen molar-refractivity contribution >= 4 is 11.3 Å². The van der Waals surface area contributed by atoms with E-state index >= 15 is 0 Å². The highest BCUT2D eigenvalue weighted by atomic mass is 32.1. The molecule has 0 N–H and O–H groups in total. The van der Waals surface area contributed by atoms with Crippen molar-refractivity contribution in [3.05, 3.63) is 28.2 Å². The summed E-state index contributed by atoms with van der Waals surface area (Å²) in [5.41, 5.74) is 3.03. The Labute approximate surface area is 62.2 Å². The standard InChI is InChI=1S/C7H5NOS/c1-2-5-7-6(4(1)9-5)8-3-10-7/h1-5H. The predicted molar refractivity (Wildman–Crippen MR) is 37.8 cm³/mol. The fourth-order valence-electron chi connectivity index (χ4n) is 1.45. The molecule has 0 amide bonds. The molecular formula is C7H5NOS. The molecule has 3 rings (SSSR count). The molecule has 1 aromatic heterocycles. The fraction of sp³-hybridized carbons (Fsp3) is 0.286. The molecule has 2 aliphatic rings. The summed E-state index contributed by atoms with van der Waals surface area (Å²) in [6, 6.07) is 0. The van der Waals surface area contributed by atoms with Gasteiger partial charge < -0.3 is 4.74 Å². The van der Waals surface area contributed by atoms with Crippen LogP contribution in [-0.2, 0) is 4.74 Å². The summed E-state index contributed by atoms with van der Waals surface area (Å²) in [6.45, 7) is 0. The molecule has 0 aromatic carbocycles. The van der Waals surface area contributed by atoms with Crippen molar-refractivity contribution in [2.24, 2.45) is 0 Å². The first-order valence-corrected chi connectivity index (χ1v) is 4.10. The van der Waals surface area contributed by atoms with E-state index in [0.717, 1.165) is 5.69 Å². The highest BCUT2D eigenvalue weighted by Gasteiger charge is 2.35. The van der Waals surface area contributed by atoms with Gasteiger partial charge in [0.1, 0.15) is 12.2 Å². The van der Waals surface area contributed by atoms with Crippen molar-refractivity contribution in [3.8, 4) is 0 Å². The lowest BCUT2D eigenvalue weighted by Crippen LogP contribution is -1.88. The monoisotopic (exact) mass is 151 g/mol. The van der Waals surface area contributed by atoms with Crippen LogP contribution < -0.4 is 0 Å². The lowest BCUT2D eigenvalue weighted by atomic mass is 10.1. The average Bonchev–Trinajstić information content (AvgIpc) is 2.60. The van der Waals surface area contributed by atoms with Gasteiger partial charge in [-0.15, -0.1) is 11.3 Å². The fourth-order valence-corrected chi connectivity index (χ4v) is 2.28. The maximum absolute atomic E-state index is 5.52. The van der Waals surface area contributed by atoms with Gasteiger partial charge in [-0.1, -0.05) is 12.2 Å². The largest absolute Gasteiger partial charge is 0.355 e. The normalized spacial score (nSPS) is 33.2. The molecule has 3 heterocycles. The van der Waals surface area contributed by atoms with Crippen LogP contribution in [0.25, 0.3) is 0 Å². The summed E-state index contributed by atoms with van der Waals surface area (Å²) in [6.07, 6.45) is 4.58. The summed E-state index contributed by atoms with van der Waals surface area (Å²) in [5, 5.41) is 0. The highest BCUT2D eigenvalue weighted by molar-refractivity contribution is 7.09. The number of ether oxygens (including phenoxy) is 1. The molecule has 0 saturated carbocycles. The molecule has 2 unspecified atom stereocenters. The quantitative estimate of drug-likeness (QED) is 0.528. The Bertz CT molecular complexity index is 278. The molecule has 0 spiro atoms. The van der Waals surface area contributed by atoms with E-state index in [-0.39, 0.29) is 12.2 Å². The Morgan fingerprint density at radius 3 is 3.20 bits per heavy atom. The highest BCUT2D eigenvalue weighted by Crippen LogP contribution is 2.46. The lowest BCUT2D eigenvalue weighted by Gasteiger charge is -1.96. The third-order valence-corrected chi connectivity index (χ3v) is 2.81. The van der Waals surface area contributed by atoms with Crippen LogP contribution >= 0.6 is 11.3 Å². The second-order valence-electron chi connectivity index (χ2n) is 2.46. The van der Waals surface area contributed by atoms with E-state index in [2.05, 4.69) is 17.1 Å². The number of fused-ring (bicyclic) bond motifs is 5. The zero-order valence-corrected chi connectivity index (χ0v) is 5.97. The van der Waals surface area contributed by atoms with Gasteiger partial charge in [-0.3, -0.25) is 0 Å². The van der Waals surface area contributed by atoms with Crippen molar-refractivity contribution in [2.75, 3.05) is 0 Å². The Morgan fingerprint density at radius 1 is 1.40 bits per heavy atom. The first kappa shape index (κ1) is 5.04. The first-order chi connectivity index (χ1) is 4.95. The Balaban J connectivity index is 2.30. The van der Waals surface area contributed by atoms with Crippen LogP contribution in [0.15, 0.2) is 17.7 Å². The third kappa shape index (κ3) is 0.424. The van der Waals surface area contributed by atoms with Gasteiger partial charge >= 0.3 is 0 Å². The molecule has 2 bridgehead atoms. The summed E-state index contributed by atoms with van der Waals surface area (Å²) in [4.78, 5) is 5.52. The molecule has 2 nitrogen and oxygen atoms in total. The molecular weight excluding hydrogens is 146 g/mol. The number of thiazole rings is 1. The van der Waals surface area contributed by atoms with Crippen LogP contribution in [0.5, 0.6) is 0 Å². The van der Waals surface area contributed by atoms with Gasteiger partial charge in [0, 0.05) is 0 Å². The van der Waals surface area contributed by atoms with E-state index < -0.39 is 0 Å². The van der Waals surface area contributed by atoms with Gasteiger partial charge in [-0.2, -0.15) is 0 Å². The van der Waals surface area contributed by atoms with Gasteiger partial charge in [0.25, 0.3) is 0 Å². The average molecular weight is 151 g/mol. The molecule has 2 aliphatic heterocycles. The summed E-state index contributed by atoms with van der Waals surface area (Å²) < 4.78 is 5.52. The maximum Gasteiger partial charge on any atom is 0.120 e. The van der Waals surface area contributed by atoms with Crippen LogP contribution in [0, 0.1) is 0 Å². The van der Waals surface area contributed by atoms with Crippen molar-refractivity contribution in [1.29, 1.82) is 0 Å². The van der Waals surface area contributed by atoms with Gasteiger partial charge in [0.2, 0.25) is 0 Å². The van der Waals surface area contributed by atoms with Crippen molar-refractivity contribution < 1.29 is 4.74 Å². The second kappa shape index (κ2) is 1.49. The van der Waals surface area contributed by atoms with E-state index in [1.807, 2.05) is 5.51 Å². The van der Waals surface area contributed by atoms with E-state index in [1.165, 1.54) is 4.88 Å². The summed E-state index contributed by atoms with van der Waals surface area (Å²) in [5.74, 6) is 0. The van der Waals surface area contributed by atoms with Crippen LogP contribution in [0.4, 0.5) is 0 Å². The third-order valence-electron chi connectivity index (χ3n) is 1.91. The zero-order valence-electron chi connectivity index (χ0n) is 5.15. The van der Waals surface area contributed by atoms with Gasteiger partial charge in [-0.25, -0.2) is 4.98 Å². The second-order valence-corrected chi connectivity index (χ2v) is 3.35. The van der Waals surface area contributed by atoms with Crippen LogP contribution in [-0.4, -0.2) is 4.98 Å². The molecule has 1 aromatic rings. The van der Waals surface area contributed by atoms with Gasteiger partial charge in [0.15, 0.2) is 0 Å². The maximum atomic E-state index is 5.52. The van der Waals surface area contributed by atoms with Crippen molar-refractivity contribution in [1.82, 2.24) is 4.98 Å². The number of aromatic nitrogens is 1. The predicted octanol–water partition coefficient (Wildman–Crippen LogP) is 1.83. The van der Waals surface area contributed by atoms with Crippen LogP contribution in [0.1, 0.15) is 22.8 Å². The lowest BCUT2D eigenvalue weighted by molar-refractivity contribution is 0.0872. The number of nitrogens with zero attached hydrogens (tertiary/aromatic N) is 1. The Hall–Kier alpha value is -0.670. The number of hydrogen-bond acceptors (Lipinski definition) is 3. The topological polar surface area (TPSA) is 22.1 Å². The van der Waals surface area contributed by atoms with E-state index in [0.29, 0.717) is 0 Å². The van der Waals surface area contributed by atoms with Crippen LogP contribution in [0.3, 0.4) is 0 Å². The molecule has 2 atom stereocenters. The van der Waals surface area contributed by atoms with Crippen molar-refractivity contribution in [3.63, 3.8) is 0 Å². The molecule has 0 saturated heterocycles. The van der Waals surface area contributed by atoms with Crippen LogP contribution in [0.2, 0.25) is 0 Å². The molecule has 50 valence electrons. The SMILES string of the molecule is C1=CC2OC1c1ncsc12. The van der Waals surface area contributed by atoms with Gasteiger partial charge in [-0.05, 0) is 0 Å². The number of hydrogen-bond donors (Lipinski definition) is 0. The first-order valence-electron chi connectivity index (χ1n) is 3.22. The minimum atomic E-state index is 0.172. The number of rotatable bonds is 0.